The van der Waals surface area contributed by atoms with Crippen molar-refractivity contribution in [1.82, 2.24) is 19.9 Å². The van der Waals surface area contributed by atoms with Gasteiger partial charge < -0.3 is 11.1 Å². The summed E-state index contributed by atoms with van der Waals surface area (Å²) in [6, 6.07) is 1.06. The van der Waals surface area contributed by atoms with Gasteiger partial charge in [0.1, 0.15) is 0 Å². The van der Waals surface area contributed by atoms with Crippen LogP contribution in [0.3, 0.4) is 0 Å². The number of aromatic nitrogens is 3. The van der Waals surface area contributed by atoms with Gasteiger partial charge in [0, 0.05) is 19.4 Å². The Morgan fingerprint density at radius 2 is 1.97 bits per heavy atom. The van der Waals surface area contributed by atoms with Crippen LogP contribution < -0.4 is 11.1 Å². The molecule has 0 bridgehead atoms. The number of amides is 1. The van der Waals surface area contributed by atoms with E-state index >= 15 is 0 Å². The predicted molar refractivity (Wildman–Crippen MR) is 101 cm³/mol. The van der Waals surface area contributed by atoms with E-state index in [0.29, 0.717) is 29.7 Å². The topological polar surface area (TPSA) is 85.3 Å². The third-order valence-electron chi connectivity index (χ3n) is 6.46. The molecule has 2 aromatic heterocycles. The summed E-state index contributed by atoms with van der Waals surface area (Å²) < 4.78 is 68.4. The molecule has 1 aliphatic carbocycles. The average Bonchev–Trinajstić information content (AvgIpc) is 3.11. The van der Waals surface area contributed by atoms with E-state index in [0.717, 1.165) is 0 Å². The molecular weight excluding hydrogens is 421 g/mol. The van der Waals surface area contributed by atoms with Crippen LogP contribution in [0.25, 0.3) is 5.65 Å². The molecule has 1 aliphatic heterocycles. The van der Waals surface area contributed by atoms with E-state index in [1.807, 2.05) is 0 Å². The zero-order valence-electron chi connectivity index (χ0n) is 16.7. The van der Waals surface area contributed by atoms with Crippen molar-refractivity contribution in [2.45, 2.75) is 56.7 Å². The fourth-order valence-corrected chi connectivity index (χ4v) is 4.62. The summed E-state index contributed by atoms with van der Waals surface area (Å²) in [5, 5.41) is 6.70. The number of nitrogens with one attached hydrogen (secondary N) is 1. The lowest BCUT2D eigenvalue weighted by Gasteiger charge is -2.32. The normalized spacial score (nSPS) is 26.1. The third kappa shape index (κ3) is 4.65. The van der Waals surface area contributed by atoms with E-state index in [4.69, 9.17) is 5.73 Å². The number of hydrogen-bond donors (Lipinski definition) is 2. The molecule has 11 heteroatoms. The molecule has 1 amide bonds. The molecule has 1 saturated heterocycles. The van der Waals surface area contributed by atoms with Crippen molar-refractivity contribution >= 4 is 11.6 Å². The van der Waals surface area contributed by atoms with Gasteiger partial charge in [-0.05, 0) is 43.2 Å². The van der Waals surface area contributed by atoms with E-state index in [9.17, 15) is 26.7 Å². The fourth-order valence-electron chi connectivity index (χ4n) is 4.62. The number of nitrogens with two attached hydrogens (primary N) is 1. The van der Waals surface area contributed by atoms with Gasteiger partial charge in [0.05, 0.1) is 36.0 Å². The van der Waals surface area contributed by atoms with Crippen LogP contribution in [0.15, 0.2) is 18.5 Å². The summed E-state index contributed by atoms with van der Waals surface area (Å²) in [6.45, 7) is 0.00536. The van der Waals surface area contributed by atoms with Gasteiger partial charge in [-0.15, -0.1) is 0 Å². The van der Waals surface area contributed by atoms with Gasteiger partial charge in [0.2, 0.25) is 11.8 Å². The van der Waals surface area contributed by atoms with Crippen LogP contribution >= 0.6 is 0 Å². The Morgan fingerprint density at radius 3 is 2.65 bits per heavy atom. The monoisotopic (exact) mass is 445 g/mol. The Hall–Kier alpha value is -2.30. The Kier molecular flexibility index (Phi) is 5.65. The minimum absolute atomic E-state index is 0.00536. The van der Waals surface area contributed by atoms with Crippen LogP contribution in [0, 0.1) is 17.8 Å². The summed E-state index contributed by atoms with van der Waals surface area (Å²) >= 11 is 0. The number of halogens is 5. The molecule has 3 atom stereocenters. The smallest absolute Gasteiger partial charge is 0.356 e. The second-order valence-corrected chi connectivity index (χ2v) is 8.59. The van der Waals surface area contributed by atoms with Gasteiger partial charge in [0.25, 0.3) is 0 Å². The second kappa shape index (κ2) is 7.99. The maximum Gasteiger partial charge on any atom is 0.392 e. The van der Waals surface area contributed by atoms with E-state index < -0.39 is 35.9 Å². The molecule has 4 rings (SSSR count). The first-order valence-corrected chi connectivity index (χ1v) is 10.4. The number of piperidine rings is 1. The average molecular weight is 445 g/mol. The second-order valence-electron chi connectivity index (χ2n) is 8.59. The van der Waals surface area contributed by atoms with Crippen LogP contribution in [-0.2, 0) is 11.2 Å². The molecule has 2 aliphatic rings. The number of imidazole rings is 1. The van der Waals surface area contributed by atoms with Gasteiger partial charge in [-0.25, -0.2) is 18.3 Å². The maximum absolute atomic E-state index is 13.4. The number of carbonyl (C=O) groups excluding carboxylic acids is 1. The summed E-state index contributed by atoms with van der Waals surface area (Å²) in [4.78, 5) is 16.5. The van der Waals surface area contributed by atoms with E-state index in [1.54, 1.807) is 12.3 Å². The van der Waals surface area contributed by atoms with Gasteiger partial charge in [-0.2, -0.15) is 18.3 Å². The maximum atomic E-state index is 13.4. The van der Waals surface area contributed by atoms with E-state index in [1.165, 1.54) is 10.7 Å². The van der Waals surface area contributed by atoms with Crippen molar-refractivity contribution in [3.63, 3.8) is 0 Å². The Balaban J connectivity index is 1.52. The zero-order chi connectivity index (χ0) is 22.4. The molecular formula is C20H24F5N5O. The first-order chi connectivity index (χ1) is 14.5. The lowest BCUT2D eigenvalue weighted by atomic mass is 9.81. The van der Waals surface area contributed by atoms with Crippen LogP contribution in [-0.4, -0.2) is 39.1 Å². The number of hydrogen-bond acceptors (Lipinski definition) is 4. The molecule has 1 saturated carbocycles. The molecule has 170 valence electrons. The van der Waals surface area contributed by atoms with Crippen molar-refractivity contribution in [3.8, 4) is 0 Å². The zero-order valence-corrected chi connectivity index (χ0v) is 16.7. The van der Waals surface area contributed by atoms with Gasteiger partial charge in [-0.1, -0.05) is 0 Å². The fraction of sp³-hybridized carbons (Fsp3) is 0.650. The Morgan fingerprint density at radius 1 is 1.26 bits per heavy atom. The van der Waals surface area contributed by atoms with E-state index in [-0.39, 0.29) is 38.1 Å². The van der Waals surface area contributed by atoms with Crippen LogP contribution in [0.1, 0.15) is 49.4 Å². The van der Waals surface area contributed by atoms with Crippen molar-refractivity contribution < 1.29 is 26.7 Å². The molecule has 2 aromatic rings. The van der Waals surface area contributed by atoms with Crippen molar-refractivity contribution in [1.29, 1.82) is 0 Å². The third-order valence-corrected chi connectivity index (χ3v) is 6.46. The lowest BCUT2D eigenvalue weighted by Crippen LogP contribution is -2.48. The molecule has 0 spiro atoms. The highest BCUT2D eigenvalue weighted by Gasteiger charge is 2.48. The summed E-state index contributed by atoms with van der Waals surface area (Å²) in [5.41, 5.74) is 7.63. The van der Waals surface area contributed by atoms with Crippen molar-refractivity contribution in [2.75, 3.05) is 6.54 Å². The molecule has 31 heavy (non-hydrogen) atoms. The quantitative estimate of drug-likeness (QED) is 0.707. The summed E-state index contributed by atoms with van der Waals surface area (Å²) in [6.07, 6.45) is -1.49. The van der Waals surface area contributed by atoms with Crippen molar-refractivity contribution in [2.24, 2.45) is 23.5 Å². The van der Waals surface area contributed by atoms with Crippen LogP contribution in [0.4, 0.5) is 22.0 Å². The SMILES string of the molecule is N[C@H](c1cn2ncc(CC3C(=O)NCCC3C(F)(F)F)cc2n1)C1CCC(F)(F)CC1. The number of nitrogens with zero attached hydrogens (tertiary/aromatic N) is 3. The number of fused-ring (bicyclic) bond motifs is 1. The first-order valence-electron chi connectivity index (χ1n) is 10.4. The van der Waals surface area contributed by atoms with Gasteiger partial charge in [-0.3, -0.25) is 4.79 Å². The molecule has 3 N–H and O–H groups in total. The summed E-state index contributed by atoms with van der Waals surface area (Å²) in [7, 11) is 0. The van der Waals surface area contributed by atoms with Gasteiger partial charge in [0.15, 0.2) is 5.65 Å². The molecule has 3 heterocycles. The summed E-state index contributed by atoms with van der Waals surface area (Å²) in [5.74, 6) is -6.31. The standard InChI is InChI=1S/C20H24F5N5O/c21-19(22)4-1-12(2-5-19)17(26)15-10-30-16(29-15)8-11(9-28-30)7-13-14(20(23,24)25)3-6-27-18(13)31/h8-10,12-14,17H,1-7,26H2,(H,27,31)/t13?,14?,17-/m0/s1. The molecule has 0 aromatic carbocycles. The van der Waals surface area contributed by atoms with E-state index in [2.05, 4.69) is 15.4 Å². The molecule has 6 nitrogen and oxygen atoms in total. The van der Waals surface area contributed by atoms with Crippen LogP contribution in [0.5, 0.6) is 0 Å². The highest BCUT2D eigenvalue weighted by molar-refractivity contribution is 5.80. The largest absolute Gasteiger partial charge is 0.392 e. The predicted octanol–water partition coefficient (Wildman–Crippen LogP) is 3.41. The number of alkyl halides is 5. The van der Waals surface area contributed by atoms with Crippen LogP contribution in [0.2, 0.25) is 0 Å². The molecule has 0 radical (unpaired) electrons. The number of rotatable bonds is 4. The Bertz CT molecular complexity index is 949. The lowest BCUT2D eigenvalue weighted by molar-refractivity contribution is -0.197. The van der Waals surface area contributed by atoms with Gasteiger partial charge >= 0.3 is 6.18 Å². The van der Waals surface area contributed by atoms with Crippen molar-refractivity contribution in [3.05, 3.63) is 29.7 Å². The molecule has 2 fully saturated rings. The minimum Gasteiger partial charge on any atom is -0.356 e. The molecule has 2 unspecified atom stereocenters. The number of carbonyl (C=O) groups is 1. The highest BCUT2D eigenvalue weighted by atomic mass is 19.4. The minimum atomic E-state index is -4.45. The first kappa shape index (κ1) is 21.9. The highest BCUT2D eigenvalue weighted by Crippen LogP contribution is 2.41. The Labute approximate surface area is 175 Å².